The SMILES string of the molecule is CCC(CO)=C(c1cnc(C)c(O)c1)N1CCN(CC)CC1. The Hall–Kier alpha value is -1.59. The zero-order valence-electron chi connectivity index (χ0n) is 13.8. The lowest BCUT2D eigenvalue weighted by Gasteiger charge is -2.38. The van der Waals surface area contributed by atoms with Crippen LogP contribution in [-0.2, 0) is 0 Å². The molecule has 1 fully saturated rings. The summed E-state index contributed by atoms with van der Waals surface area (Å²) in [5.74, 6) is 0.204. The highest BCUT2D eigenvalue weighted by atomic mass is 16.3. The highest BCUT2D eigenvalue weighted by Crippen LogP contribution is 2.28. The van der Waals surface area contributed by atoms with Crippen molar-refractivity contribution >= 4 is 5.70 Å². The molecular formula is C17H27N3O2. The molecule has 0 amide bonds. The Bertz CT molecular complexity index is 529. The fraction of sp³-hybridized carbons (Fsp3) is 0.588. The molecule has 0 bridgehead atoms. The van der Waals surface area contributed by atoms with Crippen LogP contribution in [0.5, 0.6) is 5.75 Å². The van der Waals surface area contributed by atoms with Crippen molar-refractivity contribution in [3.05, 3.63) is 29.1 Å². The summed E-state index contributed by atoms with van der Waals surface area (Å²) in [6, 6.07) is 1.76. The van der Waals surface area contributed by atoms with Crippen molar-refractivity contribution in [2.75, 3.05) is 39.3 Å². The Morgan fingerprint density at radius 1 is 1.23 bits per heavy atom. The number of aromatic nitrogens is 1. The van der Waals surface area contributed by atoms with Crippen LogP contribution in [0.3, 0.4) is 0 Å². The first kappa shape index (κ1) is 16.8. The lowest BCUT2D eigenvalue weighted by atomic mass is 10.0. The monoisotopic (exact) mass is 305 g/mol. The molecule has 1 aromatic rings. The van der Waals surface area contributed by atoms with Crippen LogP contribution in [0.2, 0.25) is 0 Å². The zero-order chi connectivity index (χ0) is 16.1. The van der Waals surface area contributed by atoms with Crippen LogP contribution >= 0.6 is 0 Å². The number of aliphatic hydroxyl groups excluding tert-OH is 1. The van der Waals surface area contributed by atoms with Gasteiger partial charge in [0.1, 0.15) is 5.75 Å². The maximum absolute atomic E-state index is 9.98. The van der Waals surface area contributed by atoms with Crippen molar-refractivity contribution in [3.63, 3.8) is 0 Å². The molecule has 5 heteroatoms. The minimum atomic E-state index is 0.0362. The Morgan fingerprint density at radius 3 is 2.41 bits per heavy atom. The molecule has 2 heterocycles. The van der Waals surface area contributed by atoms with Crippen molar-refractivity contribution in [2.45, 2.75) is 27.2 Å². The summed E-state index contributed by atoms with van der Waals surface area (Å²) in [4.78, 5) is 9.01. The summed E-state index contributed by atoms with van der Waals surface area (Å²) in [5.41, 5.74) is 3.54. The van der Waals surface area contributed by atoms with Gasteiger partial charge in [-0.25, -0.2) is 0 Å². The van der Waals surface area contributed by atoms with E-state index in [4.69, 9.17) is 0 Å². The van der Waals surface area contributed by atoms with Gasteiger partial charge in [-0.2, -0.15) is 0 Å². The smallest absolute Gasteiger partial charge is 0.137 e. The topological polar surface area (TPSA) is 59.8 Å². The molecule has 0 aromatic carbocycles. The molecule has 0 unspecified atom stereocenters. The Morgan fingerprint density at radius 2 is 1.91 bits per heavy atom. The fourth-order valence-electron chi connectivity index (χ4n) is 2.90. The molecule has 1 aliphatic rings. The molecule has 0 atom stereocenters. The van der Waals surface area contributed by atoms with Crippen LogP contribution in [-0.4, -0.2) is 64.3 Å². The molecule has 2 rings (SSSR count). The summed E-state index contributed by atoms with van der Waals surface area (Å²) in [7, 11) is 0. The molecule has 122 valence electrons. The first-order valence-corrected chi connectivity index (χ1v) is 8.06. The maximum Gasteiger partial charge on any atom is 0.137 e. The van der Waals surface area contributed by atoms with Crippen molar-refractivity contribution in [3.8, 4) is 5.75 Å². The van der Waals surface area contributed by atoms with Gasteiger partial charge in [-0.1, -0.05) is 13.8 Å². The minimum Gasteiger partial charge on any atom is -0.506 e. The molecule has 0 aliphatic carbocycles. The highest BCUT2D eigenvalue weighted by Gasteiger charge is 2.21. The van der Waals surface area contributed by atoms with Crippen molar-refractivity contribution in [1.82, 2.24) is 14.8 Å². The maximum atomic E-state index is 9.98. The summed E-state index contributed by atoms with van der Waals surface area (Å²) in [5, 5.41) is 19.7. The van der Waals surface area contributed by atoms with Gasteiger partial charge in [-0.05, 0) is 31.5 Å². The van der Waals surface area contributed by atoms with E-state index in [-0.39, 0.29) is 12.4 Å². The normalized spacial score (nSPS) is 17.5. The first-order chi connectivity index (χ1) is 10.6. The average molecular weight is 305 g/mol. The van der Waals surface area contributed by atoms with Gasteiger partial charge in [-0.15, -0.1) is 0 Å². The number of piperazine rings is 1. The van der Waals surface area contributed by atoms with Gasteiger partial charge in [0.2, 0.25) is 0 Å². The Balaban J connectivity index is 2.36. The van der Waals surface area contributed by atoms with Crippen LogP contribution in [0.15, 0.2) is 17.8 Å². The van der Waals surface area contributed by atoms with Gasteiger partial charge in [0.15, 0.2) is 0 Å². The van der Waals surface area contributed by atoms with Crippen molar-refractivity contribution in [1.29, 1.82) is 0 Å². The second-order valence-electron chi connectivity index (χ2n) is 5.71. The second-order valence-corrected chi connectivity index (χ2v) is 5.71. The van der Waals surface area contributed by atoms with E-state index in [1.165, 1.54) is 0 Å². The van der Waals surface area contributed by atoms with Crippen LogP contribution in [0.25, 0.3) is 5.70 Å². The third kappa shape index (κ3) is 3.59. The van der Waals surface area contributed by atoms with Crippen LogP contribution in [0.4, 0.5) is 0 Å². The van der Waals surface area contributed by atoms with Gasteiger partial charge >= 0.3 is 0 Å². The third-order valence-electron chi connectivity index (χ3n) is 4.42. The molecule has 2 N–H and O–H groups in total. The molecule has 0 saturated carbocycles. The predicted octanol–water partition coefficient (Wildman–Crippen LogP) is 1.85. The van der Waals surface area contributed by atoms with Crippen molar-refractivity contribution in [2.24, 2.45) is 0 Å². The number of aryl methyl sites for hydroxylation is 1. The average Bonchev–Trinajstić information content (AvgIpc) is 2.55. The molecule has 1 aromatic heterocycles. The van der Waals surface area contributed by atoms with E-state index >= 15 is 0 Å². The molecule has 5 nitrogen and oxygen atoms in total. The first-order valence-electron chi connectivity index (χ1n) is 8.06. The number of aromatic hydroxyl groups is 1. The quantitative estimate of drug-likeness (QED) is 0.869. The van der Waals surface area contributed by atoms with Crippen molar-refractivity contribution < 1.29 is 10.2 Å². The van der Waals surface area contributed by atoms with Gasteiger partial charge in [-0.3, -0.25) is 4.98 Å². The lowest BCUT2D eigenvalue weighted by molar-refractivity contribution is 0.181. The summed E-state index contributed by atoms with van der Waals surface area (Å²) < 4.78 is 0. The van der Waals surface area contributed by atoms with E-state index in [2.05, 4.69) is 28.6 Å². The number of rotatable bonds is 5. The largest absolute Gasteiger partial charge is 0.506 e. The number of aliphatic hydroxyl groups is 1. The number of likely N-dealkylation sites (N-methyl/N-ethyl adjacent to an activating group) is 1. The fourth-order valence-corrected chi connectivity index (χ4v) is 2.90. The number of hydrogen-bond donors (Lipinski definition) is 2. The van der Waals surface area contributed by atoms with Crippen LogP contribution in [0.1, 0.15) is 31.5 Å². The number of nitrogens with zero attached hydrogens (tertiary/aromatic N) is 3. The van der Waals surface area contributed by atoms with E-state index in [1.54, 1.807) is 19.2 Å². The van der Waals surface area contributed by atoms with Gasteiger partial charge in [0.25, 0.3) is 0 Å². The molecule has 22 heavy (non-hydrogen) atoms. The van der Waals surface area contributed by atoms with E-state index in [0.717, 1.165) is 56.0 Å². The number of pyridine rings is 1. The van der Waals surface area contributed by atoms with Crippen LogP contribution in [0, 0.1) is 6.92 Å². The lowest BCUT2D eigenvalue weighted by Crippen LogP contribution is -2.45. The van der Waals surface area contributed by atoms with E-state index in [9.17, 15) is 10.2 Å². The summed E-state index contributed by atoms with van der Waals surface area (Å²) in [6.45, 7) is 11.0. The molecule has 0 spiro atoms. The Kier molecular flexibility index (Phi) is 5.80. The minimum absolute atomic E-state index is 0.0362. The highest BCUT2D eigenvalue weighted by molar-refractivity contribution is 5.68. The molecule has 0 radical (unpaired) electrons. The standard InChI is InChI=1S/C17H27N3O2/c1-4-14(12-21)17(15-10-16(22)13(3)18-11-15)20-8-6-19(5-2)7-9-20/h10-11,21-22H,4-9,12H2,1-3H3. The summed E-state index contributed by atoms with van der Waals surface area (Å²) >= 11 is 0. The Labute approximate surface area is 132 Å². The van der Waals surface area contributed by atoms with Gasteiger partial charge in [0, 0.05) is 43.6 Å². The van der Waals surface area contributed by atoms with E-state index in [0.29, 0.717) is 5.69 Å². The second kappa shape index (κ2) is 7.61. The zero-order valence-corrected chi connectivity index (χ0v) is 13.8. The van der Waals surface area contributed by atoms with E-state index in [1.807, 2.05) is 0 Å². The third-order valence-corrected chi connectivity index (χ3v) is 4.42. The molecular weight excluding hydrogens is 278 g/mol. The van der Waals surface area contributed by atoms with Crippen LogP contribution < -0.4 is 0 Å². The predicted molar refractivity (Wildman–Crippen MR) is 88.6 cm³/mol. The molecule has 1 saturated heterocycles. The van der Waals surface area contributed by atoms with Gasteiger partial charge < -0.3 is 20.0 Å². The van der Waals surface area contributed by atoms with Gasteiger partial charge in [0.05, 0.1) is 12.3 Å². The van der Waals surface area contributed by atoms with E-state index < -0.39 is 0 Å². The summed E-state index contributed by atoms with van der Waals surface area (Å²) in [6.07, 6.45) is 2.58. The number of hydrogen-bond acceptors (Lipinski definition) is 5. The molecule has 1 aliphatic heterocycles.